The van der Waals surface area contributed by atoms with Gasteiger partial charge in [0.25, 0.3) is 0 Å². The molecule has 2 rings (SSSR count). The third-order valence-electron chi connectivity index (χ3n) is 2.90. The molecule has 80 valence electrons. The predicted octanol–water partition coefficient (Wildman–Crippen LogP) is 2.48. The van der Waals surface area contributed by atoms with Crippen LogP contribution in [0.5, 0.6) is 5.75 Å². The van der Waals surface area contributed by atoms with E-state index in [-0.39, 0.29) is 6.61 Å². The quantitative estimate of drug-likeness (QED) is 0.819. The molecule has 0 aliphatic heterocycles. The fourth-order valence-electron chi connectivity index (χ4n) is 1.98. The van der Waals surface area contributed by atoms with Crippen molar-refractivity contribution in [3.05, 3.63) is 35.9 Å². The third-order valence-corrected chi connectivity index (χ3v) is 2.90. The second kappa shape index (κ2) is 4.49. The van der Waals surface area contributed by atoms with E-state index in [9.17, 15) is 0 Å². The van der Waals surface area contributed by atoms with Crippen molar-refractivity contribution in [3.63, 3.8) is 0 Å². The maximum absolute atomic E-state index is 9.07. The van der Waals surface area contributed by atoms with Gasteiger partial charge in [0.15, 0.2) is 0 Å². The molecule has 0 spiro atoms. The molecule has 0 bridgehead atoms. The van der Waals surface area contributed by atoms with Crippen LogP contribution < -0.4 is 4.74 Å². The molecule has 1 aliphatic carbocycles. The number of benzene rings is 1. The minimum atomic E-state index is 0.282. The molecule has 0 heterocycles. The maximum Gasteiger partial charge on any atom is 0.119 e. The lowest BCUT2D eigenvalue weighted by atomic mass is 10.0. The summed E-state index contributed by atoms with van der Waals surface area (Å²) < 4.78 is 5.19. The zero-order chi connectivity index (χ0) is 10.7. The Balaban J connectivity index is 2.16. The van der Waals surface area contributed by atoms with Gasteiger partial charge >= 0.3 is 0 Å². The molecule has 0 unspecified atom stereocenters. The van der Waals surface area contributed by atoms with Gasteiger partial charge in [-0.1, -0.05) is 18.2 Å². The van der Waals surface area contributed by atoms with Crippen molar-refractivity contribution in [1.82, 2.24) is 0 Å². The number of methoxy groups -OCH3 is 1. The van der Waals surface area contributed by atoms with E-state index < -0.39 is 0 Å². The number of hydrogen-bond acceptors (Lipinski definition) is 2. The molecule has 0 saturated carbocycles. The van der Waals surface area contributed by atoms with Gasteiger partial charge < -0.3 is 9.84 Å². The predicted molar refractivity (Wildman–Crippen MR) is 60.8 cm³/mol. The van der Waals surface area contributed by atoms with Gasteiger partial charge in [-0.05, 0) is 42.0 Å². The Morgan fingerprint density at radius 1 is 1.47 bits per heavy atom. The van der Waals surface area contributed by atoms with Crippen molar-refractivity contribution in [2.75, 3.05) is 13.7 Å². The van der Waals surface area contributed by atoms with Crippen LogP contribution in [0.2, 0.25) is 0 Å². The molecule has 0 radical (unpaired) electrons. The molecule has 1 aromatic carbocycles. The summed E-state index contributed by atoms with van der Waals surface area (Å²) >= 11 is 0. The average Bonchev–Trinajstić information content (AvgIpc) is 2.78. The van der Waals surface area contributed by atoms with Gasteiger partial charge in [-0.15, -0.1) is 0 Å². The Morgan fingerprint density at radius 3 is 3.00 bits per heavy atom. The first-order chi connectivity index (χ1) is 7.33. The first kappa shape index (κ1) is 10.2. The number of hydrogen-bond donors (Lipinski definition) is 1. The van der Waals surface area contributed by atoms with Crippen molar-refractivity contribution in [2.24, 2.45) is 5.92 Å². The highest BCUT2D eigenvalue weighted by Gasteiger charge is 2.17. The number of ether oxygens (including phenoxy) is 1. The van der Waals surface area contributed by atoms with E-state index in [2.05, 4.69) is 12.1 Å². The van der Waals surface area contributed by atoms with Gasteiger partial charge in [0.1, 0.15) is 5.75 Å². The Hall–Kier alpha value is -1.28. The van der Waals surface area contributed by atoms with Gasteiger partial charge in [0, 0.05) is 6.61 Å². The third kappa shape index (κ3) is 2.21. The van der Waals surface area contributed by atoms with Gasteiger partial charge in [-0.2, -0.15) is 0 Å². The summed E-state index contributed by atoms with van der Waals surface area (Å²) in [6.07, 6.45) is 4.18. The van der Waals surface area contributed by atoms with Crippen LogP contribution in [0.4, 0.5) is 0 Å². The molecule has 0 fully saturated rings. The topological polar surface area (TPSA) is 29.5 Å². The molecule has 1 atom stereocenters. The van der Waals surface area contributed by atoms with E-state index >= 15 is 0 Å². The van der Waals surface area contributed by atoms with E-state index in [0.717, 1.165) is 18.6 Å². The van der Waals surface area contributed by atoms with E-state index in [1.807, 2.05) is 18.2 Å². The first-order valence-corrected chi connectivity index (χ1v) is 5.28. The summed E-state index contributed by atoms with van der Waals surface area (Å²) in [7, 11) is 1.68. The molecule has 15 heavy (non-hydrogen) atoms. The van der Waals surface area contributed by atoms with Crippen LogP contribution in [0.1, 0.15) is 18.4 Å². The zero-order valence-electron chi connectivity index (χ0n) is 8.94. The molecular formula is C13H16O2. The molecule has 0 aromatic heterocycles. The molecular weight excluding hydrogens is 188 g/mol. The molecule has 1 N–H and O–H groups in total. The highest BCUT2D eigenvalue weighted by molar-refractivity contribution is 5.68. The van der Waals surface area contributed by atoms with Gasteiger partial charge in [0.2, 0.25) is 0 Å². The van der Waals surface area contributed by atoms with Crippen LogP contribution in [-0.4, -0.2) is 18.8 Å². The highest BCUT2D eigenvalue weighted by Crippen LogP contribution is 2.33. The Kier molecular flexibility index (Phi) is 3.07. The van der Waals surface area contributed by atoms with Crippen LogP contribution in [0, 0.1) is 5.92 Å². The first-order valence-electron chi connectivity index (χ1n) is 5.28. The van der Waals surface area contributed by atoms with Gasteiger partial charge in [0.05, 0.1) is 7.11 Å². The second-order valence-electron chi connectivity index (χ2n) is 3.95. The SMILES string of the molecule is COc1cccc(C2=CC[C@@H](CO)C2)c1. The average molecular weight is 204 g/mol. The zero-order valence-corrected chi connectivity index (χ0v) is 8.94. The molecule has 0 saturated heterocycles. The van der Waals surface area contributed by atoms with Crippen LogP contribution >= 0.6 is 0 Å². The number of allylic oxidation sites excluding steroid dienone is 2. The Labute approximate surface area is 90.2 Å². The van der Waals surface area contributed by atoms with Crippen molar-refractivity contribution in [1.29, 1.82) is 0 Å². The molecule has 2 nitrogen and oxygen atoms in total. The second-order valence-corrected chi connectivity index (χ2v) is 3.95. The van der Waals surface area contributed by atoms with Crippen molar-refractivity contribution in [2.45, 2.75) is 12.8 Å². The largest absolute Gasteiger partial charge is 0.497 e. The normalized spacial score (nSPS) is 20.1. The Morgan fingerprint density at radius 2 is 2.33 bits per heavy atom. The summed E-state index contributed by atoms with van der Waals surface area (Å²) in [6, 6.07) is 8.09. The monoisotopic (exact) mass is 204 g/mol. The van der Waals surface area contributed by atoms with E-state index in [4.69, 9.17) is 9.84 Å². The standard InChI is InChI=1S/C13H16O2/c1-15-13-4-2-3-11(8-13)12-6-5-10(7-12)9-14/h2-4,6,8,10,14H,5,7,9H2,1H3/t10-/m1/s1. The summed E-state index contributed by atoms with van der Waals surface area (Å²) in [6.45, 7) is 0.282. The molecule has 2 heteroatoms. The number of aliphatic hydroxyl groups excluding tert-OH is 1. The van der Waals surface area contributed by atoms with Gasteiger partial charge in [-0.3, -0.25) is 0 Å². The summed E-state index contributed by atoms with van der Waals surface area (Å²) in [5.41, 5.74) is 2.54. The number of aliphatic hydroxyl groups is 1. The lowest BCUT2D eigenvalue weighted by Crippen LogP contribution is -1.99. The van der Waals surface area contributed by atoms with Crippen molar-refractivity contribution in [3.8, 4) is 5.75 Å². The lowest BCUT2D eigenvalue weighted by Gasteiger charge is -2.07. The minimum Gasteiger partial charge on any atom is -0.497 e. The number of rotatable bonds is 3. The minimum absolute atomic E-state index is 0.282. The van der Waals surface area contributed by atoms with Gasteiger partial charge in [-0.25, -0.2) is 0 Å². The van der Waals surface area contributed by atoms with Crippen LogP contribution in [0.3, 0.4) is 0 Å². The molecule has 1 aromatic rings. The molecule has 1 aliphatic rings. The fourth-order valence-corrected chi connectivity index (χ4v) is 1.98. The lowest BCUT2D eigenvalue weighted by molar-refractivity contribution is 0.234. The van der Waals surface area contributed by atoms with E-state index in [1.165, 1.54) is 11.1 Å². The van der Waals surface area contributed by atoms with Crippen LogP contribution in [-0.2, 0) is 0 Å². The van der Waals surface area contributed by atoms with E-state index in [0.29, 0.717) is 5.92 Å². The fraction of sp³-hybridized carbons (Fsp3) is 0.385. The summed E-state index contributed by atoms with van der Waals surface area (Å²) in [5, 5.41) is 9.07. The van der Waals surface area contributed by atoms with E-state index in [1.54, 1.807) is 7.11 Å². The van der Waals surface area contributed by atoms with Crippen LogP contribution in [0.15, 0.2) is 30.3 Å². The summed E-state index contributed by atoms with van der Waals surface area (Å²) in [5.74, 6) is 1.30. The smallest absolute Gasteiger partial charge is 0.119 e. The summed E-state index contributed by atoms with van der Waals surface area (Å²) in [4.78, 5) is 0. The van der Waals surface area contributed by atoms with Crippen molar-refractivity contribution >= 4 is 5.57 Å². The molecule has 0 amide bonds. The van der Waals surface area contributed by atoms with Crippen LogP contribution in [0.25, 0.3) is 5.57 Å². The maximum atomic E-state index is 9.07. The Bertz CT molecular complexity index is 369. The van der Waals surface area contributed by atoms with Crippen molar-refractivity contribution < 1.29 is 9.84 Å². The highest BCUT2D eigenvalue weighted by atomic mass is 16.5.